The van der Waals surface area contributed by atoms with Crippen LogP contribution in [0, 0.1) is 0 Å². The zero-order valence-corrected chi connectivity index (χ0v) is 9.30. The van der Waals surface area contributed by atoms with Crippen LogP contribution in [0.3, 0.4) is 0 Å². The maximum atomic E-state index is 5.92. The molecule has 1 aliphatic rings. The summed E-state index contributed by atoms with van der Waals surface area (Å²) in [7, 11) is 0. The molecule has 17 heavy (non-hydrogen) atoms. The summed E-state index contributed by atoms with van der Waals surface area (Å²) in [5, 5.41) is 10.4. The standard InChI is InChI=1S/C12H13N3O2/c1-2-4-12(17-9-5-6-16-8-9)10(3-1)11-7-13-15-14-11/h1-4,7,9H,5-6,8H2,(H,13,14,15)/t9-/m1/s1. The smallest absolute Gasteiger partial charge is 0.129 e. The van der Waals surface area contributed by atoms with E-state index in [-0.39, 0.29) is 6.10 Å². The summed E-state index contributed by atoms with van der Waals surface area (Å²) >= 11 is 0. The second kappa shape index (κ2) is 4.55. The number of ether oxygens (including phenoxy) is 2. The number of rotatable bonds is 3. The number of hydrogen-bond acceptors (Lipinski definition) is 4. The van der Waals surface area contributed by atoms with E-state index in [0.717, 1.165) is 30.0 Å². The molecule has 0 unspecified atom stereocenters. The third-order valence-corrected chi connectivity index (χ3v) is 2.76. The molecule has 0 aliphatic carbocycles. The number of hydrogen-bond donors (Lipinski definition) is 1. The predicted octanol–water partition coefficient (Wildman–Crippen LogP) is 1.64. The van der Waals surface area contributed by atoms with Crippen LogP contribution in [0.1, 0.15) is 6.42 Å². The molecule has 0 spiro atoms. The minimum absolute atomic E-state index is 0.142. The fourth-order valence-corrected chi connectivity index (χ4v) is 1.90. The number of nitrogens with one attached hydrogen (secondary N) is 1. The molecule has 5 nitrogen and oxygen atoms in total. The van der Waals surface area contributed by atoms with Gasteiger partial charge in [0.15, 0.2) is 0 Å². The fourth-order valence-electron chi connectivity index (χ4n) is 1.90. The molecule has 1 N–H and O–H groups in total. The third kappa shape index (κ3) is 2.14. The van der Waals surface area contributed by atoms with Gasteiger partial charge < -0.3 is 9.47 Å². The Morgan fingerprint density at radius 1 is 1.35 bits per heavy atom. The average Bonchev–Trinajstić information content (AvgIpc) is 3.01. The minimum Gasteiger partial charge on any atom is -0.487 e. The number of H-pyrrole nitrogens is 1. The summed E-state index contributed by atoms with van der Waals surface area (Å²) in [6, 6.07) is 7.84. The first-order valence-corrected chi connectivity index (χ1v) is 5.64. The number of para-hydroxylation sites is 1. The van der Waals surface area contributed by atoms with Crippen LogP contribution in [0.15, 0.2) is 30.5 Å². The Kier molecular flexibility index (Phi) is 2.75. The lowest BCUT2D eigenvalue weighted by molar-refractivity contribution is 0.141. The second-order valence-corrected chi connectivity index (χ2v) is 3.96. The Morgan fingerprint density at radius 2 is 2.29 bits per heavy atom. The van der Waals surface area contributed by atoms with Crippen molar-refractivity contribution in [3.63, 3.8) is 0 Å². The lowest BCUT2D eigenvalue weighted by atomic mass is 10.1. The summed E-state index contributed by atoms with van der Waals surface area (Å²) in [5.41, 5.74) is 1.74. The molecule has 1 aromatic heterocycles. The molecule has 5 heteroatoms. The van der Waals surface area contributed by atoms with Gasteiger partial charge in [-0.05, 0) is 12.1 Å². The number of nitrogens with zero attached hydrogens (tertiary/aromatic N) is 2. The van der Waals surface area contributed by atoms with Gasteiger partial charge in [-0.2, -0.15) is 0 Å². The number of aromatic amines is 1. The van der Waals surface area contributed by atoms with Crippen LogP contribution in [-0.2, 0) is 4.74 Å². The molecule has 1 fully saturated rings. The lowest BCUT2D eigenvalue weighted by Crippen LogP contribution is -2.16. The molecule has 2 heterocycles. The summed E-state index contributed by atoms with van der Waals surface area (Å²) in [6.07, 6.45) is 2.84. The van der Waals surface area contributed by atoms with E-state index in [4.69, 9.17) is 9.47 Å². The third-order valence-electron chi connectivity index (χ3n) is 2.76. The van der Waals surface area contributed by atoms with E-state index in [1.165, 1.54) is 0 Å². The van der Waals surface area contributed by atoms with E-state index in [2.05, 4.69) is 15.4 Å². The molecular weight excluding hydrogens is 218 g/mol. The van der Waals surface area contributed by atoms with E-state index in [1.807, 2.05) is 24.3 Å². The van der Waals surface area contributed by atoms with Crippen LogP contribution in [-0.4, -0.2) is 34.7 Å². The maximum Gasteiger partial charge on any atom is 0.129 e. The lowest BCUT2D eigenvalue weighted by Gasteiger charge is -2.14. The van der Waals surface area contributed by atoms with Crippen LogP contribution in [0.2, 0.25) is 0 Å². The fraction of sp³-hybridized carbons (Fsp3) is 0.333. The van der Waals surface area contributed by atoms with Crippen LogP contribution in [0.25, 0.3) is 11.3 Å². The first kappa shape index (κ1) is 10.3. The second-order valence-electron chi connectivity index (χ2n) is 3.96. The zero-order chi connectivity index (χ0) is 11.5. The summed E-state index contributed by atoms with van der Waals surface area (Å²) in [4.78, 5) is 0. The van der Waals surface area contributed by atoms with E-state index < -0.39 is 0 Å². The first-order valence-electron chi connectivity index (χ1n) is 5.64. The highest BCUT2D eigenvalue weighted by atomic mass is 16.5. The molecule has 0 saturated carbocycles. The van der Waals surface area contributed by atoms with Crippen LogP contribution >= 0.6 is 0 Å². The van der Waals surface area contributed by atoms with Gasteiger partial charge in [0.1, 0.15) is 17.5 Å². The van der Waals surface area contributed by atoms with Crippen molar-refractivity contribution < 1.29 is 9.47 Å². The summed E-state index contributed by atoms with van der Waals surface area (Å²) in [5.74, 6) is 0.830. The largest absolute Gasteiger partial charge is 0.487 e. The van der Waals surface area contributed by atoms with E-state index in [0.29, 0.717) is 6.61 Å². The highest BCUT2D eigenvalue weighted by molar-refractivity contribution is 5.65. The Hall–Kier alpha value is -1.88. The molecule has 1 aromatic carbocycles. The van der Waals surface area contributed by atoms with Crippen molar-refractivity contribution in [2.75, 3.05) is 13.2 Å². The van der Waals surface area contributed by atoms with Crippen LogP contribution in [0.4, 0.5) is 0 Å². The van der Waals surface area contributed by atoms with Gasteiger partial charge in [-0.15, -0.1) is 5.10 Å². The van der Waals surface area contributed by atoms with Gasteiger partial charge >= 0.3 is 0 Å². The highest BCUT2D eigenvalue weighted by Gasteiger charge is 2.19. The van der Waals surface area contributed by atoms with E-state index in [1.54, 1.807) is 6.20 Å². The van der Waals surface area contributed by atoms with Crippen molar-refractivity contribution in [3.8, 4) is 17.0 Å². The highest BCUT2D eigenvalue weighted by Crippen LogP contribution is 2.29. The maximum absolute atomic E-state index is 5.92. The number of benzene rings is 1. The van der Waals surface area contributed by atoms with Crippen molar-refractivity contribution >= 4 is 0 Å². The molecule has 0 radical (unpaired) electrons. The molecule has 88 valence electrons. The van der Waals surface area contributed by atoms with Crippen molar-refractivity contribution in [2.24, 2.45) is 0 Å². The molecule has 1 aliphatic heterocycles. The van der Waals surface area contributed by atoms with Crippen molar-refractivity contribution in [1.82, 2.24) is 15.4 Å². The normalized spacial score (nSPS) is 19.4. The summed E-state index contributed by atoms with van der Waals surface area (Å²) < 4.78 is 11.2. The van der Waals surface area contributed by atoms with Crippen molar-refractivity contribution in [1.29, 1.82) is 0 Å². The minimum atomic E-state index is 0.142. The van der Waals surface area contributed by atoms with E-state index in [9.17, 15) is 0 Å². The van der Waals surface area contributed by atoms with Crippen molar-refractivity contribution in [2.45, 2.75) is 12.5 Å². The van der Waals surface area contributed by atoms with Gasteiger partial charge in [-0.25, -0.2) is 0 Å². The van der Waals surface area contributed by atoms with Gasteiger partial charge in [0.25, 0.3) is 0 Å². The SMILES string of the molecule is c1ccc(-c2c[nH]nn2)c(O[C@@H]2CCOC2)c1. The quantitative estimate of drug-likeness (QED) is 0.872. The van der Waals surface area contributed by atoms with Gasteiger partial charge in [-0.3, -0.25) is 5.10 Å². The van der Waals surface area contributed by atoms with Gasteiger partial charge in [-0.1, -0.05) is 17.3 Å². The Balaban J connectivity index is 1.88. The monoisotopic (exact) mass is 231 g/mol. The Labute approximate surface area is 98.8 Å². The molecule has 0 amide bonds. The molecular formula is C12H13N3O2. The molecule has 3 rings (SSSR count). The van der Waals surface area contributed by atoms with Gasteiger partial charge in [0, 0.05) is 12.0 Å². The van der Waals surface area contributed by atoms with Crippen LogP contribution < -0.4 is 4.74 Å². The van der Waals surface area contributed by atoms with E-state index >= 15 is 0 Å². The Morgan fingerprint density at radius 3 is 3.06 bits per heavy atom. The summed E-state index contributed by atoms with van der Waals surface area (Å²) in [6.45, 7) is 1.43. The molecule has 1 saturated heterocycles. The Bertz CT molecular complexity index is 478. The first-order chi connectivity index (χ1) is 8.43. The average molecular weight is 231 g/mol. The van der Waals surface area contributed by atoms with Gasteiger partial charge in [0.05, 0.1) is 19.4 Å². The predicted molar refractivity (Wildman–Crippen MR) is 61.7 cm³/mol. The molecule has 1 atom stereocenters. The molecule has 2 aromatic rings. The zero-order valence-electron chi connectivity index (χ0n) is 9.30. The topological polar surface area (TPSA) is 60.0 Å². The van der Waals surface area contributed by atoms with Gasteiger partial charge in [0.2, 0.25) is 0 Å². The van der Waals surface area contributed by atoms with Crippen molar-refractivity contribution in [3.05, 3.63) is 30.5 Å². The molecule has 0 bridgehead atoms. The number of aromatic nitrogens is 3. The van der Waals surface area contributed by atoms with Crippen LogP contribution in [0.5, 0.6) is 5.75 Å².